The van der Waals surface area contributed by atoms with E-state index in [9.17, 15) is 18.0 Å². The van der Waals surface area contributed by atoms with Crippen molar-refractivity contribution in [2.24, 2.45) is 0 Å². The van der Waals surface area contributed by atoms with Gasteiger partial charge in [-0.05, 0) is 35.9 Å². The number of hydrogen-bond acceptors (Lipinski definition) is 5. The van der Waals surface area contributed by atoms with Gasteiger partial charge in [0.05, 0.1) is 29.5 Å². The summed E-state index contributed by atoms with van der Waals surface area (Å²) in [6, 6.07) is 20.1. The van der Waals surface area contributed by atoms with Crippen molar-refractivity contribution in [1.29, 1.82) is 0 Å². The monoisotopic (exact) mass is 513 g/mol. The molecule has 0 aliphatic carbocycles. The Kier molecular flexibility index (Phi) is 7.82. The van der Waals surface area contributed by atoms with Gasteiger partial charge in [-0.2, -0.15) is 4.31 Å². The molecular weight excluding hydrogens is 490 g/mol. The minimum Gasteiger partial charge on any atom is -0.379 e. The Morgan fingerprint density at radius 2 is 1.60 bits per heavy atom. The molecule has 182 valence electrons. The number of morpholine rings is 1. The summed E-state index contributed by atoms with van der Waals surface area (Å²) >= 11 is 6.20. The molecule has 1 fully saturated rings. The molecule has 3 aromatic rings. The molecule has 0 bridgehead atoms. The zero-order chi connectivity index (χ0) is 24.8. The third-order valence-electron chi connectivity index (χ3n) is 5.50. The molecular formula is C25H24ClN3O5S. The smallest absolute Gasteiger partial charge is 0.255 e. The standard InChI is InChI=1S/C25H24ClN3O5S/c26-21-11-10-19(16-23(21)35(32,33)29-12-14-34-15-13-29)24(30)28-22-9-5-4-8-20(22)25(31)27-17-18-6-2-1-3-7-18/h1-11,16H,12-15,17H2,(H,27,31)(H,28,30). The third kappa shape index (κ3) is 5.88. The summed E-state index contributed by atoms with van der Waals surface area (Å²) in [5.74, 6) is -0.917. The van der Waals surface area contributed by atoms with Gasteiger partial charge in [0.2, 0.25) is 10.0 Å². The molecule has 35 heavy (non-hydrogen) atoms. The van der Waals surface area contributed by atoms with Crippen molar-refractivity contribution in [3.63, 3.8) is 0 Å². The Morgan fingerprint density at radius 3 is 2.34 bits per heavy atom. The Labute approximate surface area is 208 Å². The lowest BCUT2D eigenvalue weighted by atomic mass is 10.1. The predicted molar refractivity (Wildman–Crippen MR) is 133 cm³/mol. The number of carbonyl (C=O) groups is 2. The average Bonchev–Trinajstić information content (AvgIpc) is 2.89. The van der Waals surface area contributed by atoms with Gasteiger partial charge in [-0.3, -0.25) is 9.59 Å². The molecule has 1 heterocycles. The normalized spacial score (nSPS) is 14.3. The second-order valence-corrected chi connectivity index (χ2v) is 10.1. The lowest BCUT2D eigenvalue weighted by Crippen LogP contribution is -2.40. The van der Waals surface area contributed by atoms with E-state index < -0.39 is 15.9 Å². The fourth-order valence-electron chi connectivity index (χ4n) is 3.63. The molecule has 0 atom stereocenters. The van der Waals surface area contributed by atoms with Crippen molar-refractivity contribution in [3.05, 3.63) is 94.5 Å². The minimum absolute atomic E-state index is 0.0220. The number of halogens is 1. The SMILES string of the molecule is O=C(Nc1ccccc1C(=O)NCc1ccccc1)c1ccc(Cl)c(S(=O)(=O)N2CCOCC2)c1. The first-order chi connectivity index (χ1) is 16.9. The summed E-state index contributed by atoms with van der Waals surface area (Å²) < 4.78 is 32.7. The second kappa shape index (κ2) is 11.0. The zero-order valence-corrected chi connectivity index (χ0v) is 20.3. The van der Waals surface area contributed by atoms with Gasteiger partial charge in [-0.25, -0.2) is 8.42 Å². The maximum absolute atomic E-state index is 13.1. The van der Waals surface area contributed by atoms with Crippen LogP contribution < -0.4 is 10.6 Å². The summed E-state index contributed by atoms with van der Waals surface area (Å²) in [6.45, 7) is 1.34. The molecule has 1 saturated heterocycles. The van der Waals surface area contributed by atoms with Crippen LogP contribution in [0.3, 0.4) is 0 Å². The van der Waals surface area contributed by atoms with E-state index in [1.54, 1.807) is 24.3 Å². The highest BCUT2D eigenvalue weighted by molar-refractivity contribution is 7.89. The summed E-state index contributed by atoms with van der Waals surface area (Å²) in [6.07, 6.45) is 0. The molecule has 10 heteroatoms. The van der Waals surface area contributed by atoms with Gasteiger partial charge in [0.25, 0.3) is 11.8 Å². The number of ether oxygens (including phenoxy) is 1. The molecule has 0 spiro atoms. The van der Waals surface area contributed by atoms with Crippen molar-refractivity contribution >= 4 is 39.1 Å². The largest absolute Gasteiger partial charge is 0.379 e. The Morgan fingerprint density at radius 1 is 0.914 bits per heavy atom. The fraction of sp³-hybridized carbons (Fsp3) is 0.200. The molecule has 2 amide bonds. The van der Waals surface area contributed by atoms with Gasteiger partial charge in [-0.1, -0.05) is 54.1 Å². The van der Waals surface area contributed by atoms with Gasteiger partial charge >= 0.3 is 0 Å². The van der Waals surface area contributed by atoms with E-state index >= 15 is 0 Å². The lowest BCUT2D eigenvalue weighted by Gasteiger charge is -2.26. The Bertz CT molecular complexity index is 1330. The quantitative estimate of drug-likeness (QED) is 0.503. The number of rotatable bonds is 7. The van der Waals surface area contributed by atoms with Gasteiger partial charge in [0.1, 0.15) is 4.90 Å². The summed E-state index contributed by atoms with van der Waals surface area (Å²) in [5, 5.41) is 5.57. The highest BCUT2D eigenvalue weighted by Crippen LogP contribution is 2.27. The molecule has 0 saturated carbocycles. The van der Waals surface area contributed by atoms with Gasteiger partial charge in [0, 0.05) is 25.2 Å². The molecule has 0 radical (unpaired) electrons. The van der Waals surface area contributed by atoms with E-state index in [0.29, 0.717) is 25.4 Å². The topological polar surface area (TPSA) is 105 Å². The first-order valence-electron chi connectivity index (χ1n) is 11.0. The van der Waals surface area contributed by atoms with Crippen molar-refractivity contribution in [2.45, 2.75) is 11.4 Å². The molecule has 2 N–H and O–H groups in total. The maximum Gasteiger partial charge on any atom is 0.255 e. The molecule has 0 unspecified atom stereocenters. The van der Waals surface area contributed by atoms with Crippen LogP contribution >= 0.6 is 11.6 Å². The van der Waals surface area contributed by atoms with E-state index in [1.807, 2.05) is 30.3 Å². The molecule has 8 nitrogen and oxygen atoms in total. The number of amides is 2. The number of anilines is 1. The van der Waals surface area contributed by atoms with Crippen LogP contribution in [0.4, 0.5) is 5.69 Å². The molecule has 1 aliphatic heterocycles. The number of carbonyl (C=O) groups excluding carboxylic acids is 2. The van der Waals surface area contributed by atoms with E-state index in [1.165, 1.54) is 22.5 Å². The number of hydrogen-bond donors (Lipinski definition) is 2. The van der Waals surface area contributed by atoms with Crippen LogP contribution in [-0.2, 0) is 21.3 Å². The number of sulfonamides is 1. The van der Waals surface area contributed by atoms with Crippen LogP contribution in [0, 0.1) is 0 Å². The first-order valence-corrected chi connectivity index (χ1v) is 12.8. The Balaban J connectivity index is 1.52. The van der Waals surface area contributed by atoms with E-state index in [2.05, 4.69) is 10.6 Å². The van der Waals surface area contributed by atoms with Crippen LogP contribution in [0.25, 0.3) is 0 Å². The molecule has 4 rings (SSSR count). The Hall–Kier alpha value is -3.24. The molecule has 0 aromatic heterocycles. The summed E-state index contributed by atoms with van der Waals surface area (Å²) in [4.78, 5) is 25.7. The third-order valence-corrected chi connectivity index (χ3v) is 7.88. The minimum atomic E-state index is -3.90. The van der Waals surface area contributed by atoms with Gasteiger partial charge < -0.3 is 15.4 Å². The van der Waals surface area contributed by atoms with E-state index in [4.69, 9.17) is 16.3 Å². The zero-order valence-electron chi connectivity index (χ0n) is 18.7. The molecule has 1 aliphatic rings. The van der Waals surface area contributed by atoms with E-state index in [-0.39, 0.29) is 40.0 Å². The van der Waals surface area contributed by atoms with Crippen molar-refractivity contribution in [1.82, 2.24) is 9.62 Å². The van der Waals surface area contributed by atoms with Crippen molar-refractivity contribution in [3.8, 4) is 0 Å². The lowest BCUT2D eigenvalue weighted by molar-refractivity contribution is 0.0730. The van der Waals surface area contributed by atoms with Gasteiger partial charge in [-0.15, -0.1) is 0 Å². The van der Waals surface area contributed by atoms with E-state index in [0.717, 1.165) is 5.56 Å². The number of para-hydroxylation sites is 1. The van der Waals surface area contributed by atoms with Crippen LogP contribution in [0.1, 0.15) is 26.3 Å². The summed E-state index contributed by atoms with van der Waals surface area (Å²) in [5.41, 5.74) is 1.63. The fourth-order valence-corrected chi connectivity index (χ4v) is 5.53. The van der Waals surface area contributed by atoms with Crippen LogP contribution in [0.2, 0.25) is 5.02 Å². The van der Waals surface area contributed by atoms with Crippen LogP contribution in [0.5, 0.6) is 0 Å². The number of nitrogens with zero attached hydrogens (tertiary/aromatic N) is 1. The van der Waals surface area contributed by atoms with Gasteiger partial charge in [0.15, 0.2) is 0 Å². The molecule has 3 aromatic carbocycles. The van der Waals surface area contributed by atoms with Crippen LogP contribution in [0.15, 0.2) is 77.7 Å². The maximum atomic E-state index is 13.1. The number of benzene rings is 3. The predicted octanol–water partition coefficient (Wildman–Crippen LogP) is 3.54. The van der Waals surface area contributed by atoms with Crippen molar-refractivity contribution in [2.75, 3.05) is 31.6 Å². The summed E-state index contributed by atoms with van der Waals surface area (Å²) in [7, 11) is -3.90. The second-order valence-electron chi connectivity index (χ2n) is 7.83. The highest BCUT2D eigenvalue weighted by atomic mass is 35.5. The number of nitrogens with one attached hydrogen (secondary N) is 2. The first kappa shape index (κ1) is 24.9. The average molecular weight is 514 g/mol. The van der Waals surface area contributed by atoms with Crippen LogP contribution in [-0.4, -0.2) is 50.8 Å². The van der Waals surface area contributed by atoms with Crippen molar-refractivity contribution < 1.29 is 22.7 Å². The highest BCUT2D eigenvalue weighted by Gasteiger charge is 2.29.